The molecular weight excluding hydrogens is 230 g/mol. The number of ether oxygens (including phenoxy) is 1. The molecule has 2 heterocycles. The second-order valence-corrected chi connectivity index (χ2v) is 5.14. The summed E-state index contributed by atoms with van der Waals surface area (Å²) < 4.78 is 7.21. The van der Waals surface area contributed by atoms with Crippen molar-refractivity contribution in [3.8, 4) is 0 Å². The predicted octanol–water partition coefficient (Wildman–Crippen LogP) is 1.49. The molecule has 1 aromatic heterocycles. The first-order valence-electron chi connectivity index (χ1n) is 6.57. The summed E-state index contributed by atoms with van der Waals surface area (Å²) in [6.07, 6.45) is 5.78. The number of nitrogens with one attached hydrogen (secondary N) is 1. The summed E-state index contributed by atoms with van der Waals surface area (Å²) >= 11 is 0. The van der Waals surface area contributed by atoms with Crippen molar-refractivity contribution in [2.24, 2.45) is 5.92 Å². The van der Waals surface area contributed by atoms with Gasteiger partial charge < -0.3 is 14.6 Å². The maximum absolute atomic E-state index is 12.1. The molecule has 18 heavy (non-hydrogen) atoms. The zero-order valence-corrected chi connectivity index (χ0v) is 11.1. The van der Waals surface area contributed by atoms with Crippen molar-refractivity contribution in [1.29, 1.82) is 0 Å². The summed E-state index contributed by atoms with van der Waals surface area (Å²) in [7, 11) is 0. The highest BCUT2D eigenvalue weighted by Crippen LogP contribution is 2.11. The second-order valence-electron chi connectivity index (χ2n) is 5.14. The van der Waals surface area contributed by atoms with Crippen LogP contribution in [0.3, 0.4) is 0 Å². The minimum absolute atomic E-state index is 0.0517. The first-order valence-corrected chi connectivity index (χ1v) is 6.57. The Balaban J connectivity index is 2.01. The Morgan fingerprint density at radius 2 is 2.44 bits per heavy atom. The molecule has 1 saturated heterocycles. The summed E-state index contributed by atoms with van der Waals surface area (Å²) in [5, 5.41) is 3.10. The normalized spacial score (nSPS) is 19.4. The number of hydrogen-bond acceptors (Lipinski definition) is 4. The number of hydrogen-bond donors (Lipinski definition) is 1. The fourth-order valence-electron chi connectivity index (χ4n) is 2.12. The van der Waals surface area contributed by atoms with Crippen molar-refractivity contribution >= 4 is 5.82 Å². The van der Waals surface area contributed by atoms with E-state index in [9.17, 15) is 4.79 Å². The van der Waals surface area contributed by atoms with Crippen LogP contribution < -0.4 is 10.9 Å². The quantitative estimate of drug-likeness (QED) is 0.861. The van der Waals surface area contributed by atoms with Gasteiger partial charge in [-0.15, -0.1) is 0 Å². The molecule has 1 fully saturated rings. The SMILES string of the molecule is CC(C)Cn1ccnc(NCC2CCCO2)c1=O. The highest BCUT2D eigenvalue weighted by atomic mass is 16.5. The van der Waals surface area contributed by atoms with Gasteiger partial charge in [0, 0.05) is 32.1 Å². The standard InChI is InChI=1S/C13H21N3O2/c1-10(2)9-16-6-5-14-12(13(16)17)15-8-11-4-3-7-18-11/h5-6,10-11H,3-4,7-9H2,1-2H3,(H,14,15). The van der Waals surface area contributed by atoms with Crippen LogP contribution in [-0.4, -0.2) is 28.8 Å². The van der Waals surface area contributed by atoms with E-state index in [4.69, 9.17) is 4.74 Å². The second kappa shape index (κ2) is 6.00. The third kappa shape index (κ3) is 3.32. The van der Waals surface area contributed by atoms with E-state index in [2.05, 4.69) is 24.1 Å². The van der Waals surface area contributed by atoms with E-state index in [0.29, 0.717) is 18.3 Å². The molecule has 1 aromatic rings. The van der Waals surface area contributed by atoms with Crippen molar-refractivity contribution in [1.82, 2.24) is 9.55 Å². The summed E-state index contributed by atoms with van der Waals surface area (Å²) in [6, 6.07) is 0. The number of rotatable bonds is 5. The van der Waals surface area contributed by atoms with Gasteiger partial charge in [0.1, 0.15) is 0 Å². The minimum atomic E-state index is -0.0517. The van der Waals surface area contributed by atoms with E-state index in [1.165, 1.54) is 0 Å². The Hall–Kier alpha value is -1.36. The molecule has 0 aliphatic carbocycles. The van der Waals surface area contributed by atoms with Gasteiger partial charge in [-0.2, -0.15) is 0 Å². The monoisotopic (exact) mass is 251 g/mol. The molecule has 0 saturated carbocycles. The molecule has 100 valence electrons. The van der Waals surface area contributed by atoms with Gasteiger partial charge in [-0.1, -0.05) is 13.8 Å². The Labute approximate surface area is 107 Å². The minimum Gasteiger partial charge on any atom is -0.376 e. The number of aromatic nitrogens is 2. The smallest absolute Gasteiger partial charge is 0.293 e. The molecular formula is C13H21N3O2. The van der Waals surface area contributed by atoms with Crippen LogP contribution in [0.25, 0.3) is 0 Å². The van der Waals surface area contributed by atoms with Crippen LogP contribution >= 0.6 is 0 Å². The van der Waals surface area contributed by atoms with E-state index < -0.39 is 0 Å². The maximum Gasteiger partial charge on any atom is 0.293 e. The summed E-state index contributed by atoms with van der Waals surface area (Å²) in [4.78, 5) is 16.2. The first-order chi connectivity index (χ1) is 8.66. The lowest BCUT2D eigenvalue weighted by Crippen LogP contribution is -2.28. The topological polar surface area (TPSA) is 56.1 Å². The molecule has 1 N–H and O–H groups in total. The molecule has 0 aromatic carbocycles. The van der Waals surface area contributed by atoms with Crippen LogP contribution in [0, 0.1) is 5.92 Å². The highest BCUT2D eigenvalue weighted by Gasteiger charge is 2.16. The third-order valence-electron chi connectivity index (χ3n) is 3.00. The van der Waals surface area contributed by atoms with Gasteiger partial charge in [-0.05, 0) is 18.8 Å². The third-order valence-corrected chi connectivity index (χ3v) is 3.00. The molecule has 1 unspecified atom stereocenters. The zero-order valence-electron chi connectivity index (χ0n) is 11.1. The Bertz CT molecular complexity index is 436. The van der Waals surface area contributed by atoms with Crippen LogP contribution in [0.15, 0.2) is 17.2 Å². The maximum atomic E-state index is 12.1. The fraction of sp³-hybridized carbons (Fsp3) is 0.692. The lowest BCUT2D eigenvalue weighted by molar-refractivity contribution is 0.120. The molecule has 0 spiro atoms. The van der Waals surface area contributed by atoms with Gasteiger partial charge in [0.05, 0.1) is 6.10 Å². The molecule has 1 atom stereocenters. The van der Waals surface area contributed by atoms with Crippen LogP contribution in [0.4, 0.5) is 5.82 Å². The van der Waals surface area contributed by atoms with Crippen molar-refractivity contribution in [3.05, 3.63) is 22.7 Å². The van der Waals surface area contributed by atoms with Gasteiger partial charge in [-0.25, -0.2) is 4.98 Å². The summed E-state index contributed by atoms with van der Waals surface area (Å²) in [5.41, 5.74) is -0.0517. The van der Waals surface area contributed by atoms with Crippen LogP contribution in [-0.2, 0) is 11.3 Å². The summed E-state index contributed by atoms with van der Waals surface area (Å²) in [5.74, 6) is 0.866. The van der Waals surface area contributed by atoms with E-state index >= 15 is 0 Å². The van der Waals surface area contributed by atoms with Gasteiger partial charge in [0.2, 0.25) is 0 Å². The van der Waals surface area contributed by atoms with Crippen molar-refractivity contribution < 1.29 is 4.74 Å². The predicted molar refractivity (Wildman–Crippen MR) is 70.8 cm³/mol. The Morgan fingerprint density at radius 3 is 3.11 bits per heavy atom. The molecule has 0 bridgehead atoms. The lowest BCUT2D eigenvalue weighted by atomic mass is 10.2. The van der Waals surface area contributed by atoms with Gasteiger partial charge in [0.25, 0.3) is 5.56 Å². The fourth-order valence-corrected chi connectivity index (χ4v) is 2.12. The van der Waals surface area contributed by atoms with Crippen molar-refractivity contribution in [2.75, 3.05) is 18.5 Å². The van der Waals surface area contributed by atoms with Gasteiger partial charge in [-0.3, -0.25) is 4.79 Å². The lowest BCUT2D eigenvalue weighted by Gasteiger charge is -2.13. The average Bonchev–Trinajstić information content (AvgIpc) is 2.83. The van der Waals surface area contributed by atoms with Gasteiger partial charge >= 0.3 is 0 Å². The molecule has 1 aliphatic heterocycles. The van der Waals surface area contributed by atoms with Crippen LogP contribution in [0.2, 0.25) is 0 Å². The average molecular weight is 251 g/mol. The van der Waals surface area contributed by atoms with E-state index in [-0.39, 0.29) is 11.7 Å². The van der Waals surface area contributed by atoms with Crippen molar-refractivity contribution in [3.63, 3.8) is 0 Å². The van der Waals surface area contributed by atoms with Crippen LogP contribution in [0.5, 0.6) is 0 Å². The van der Waals surface area contributed by atoms with Crippen molar-refractivity contribution in [2.45, 2.75) is 39.3 Å². The molecule has 1 aliphatic rings. The van der Waals surface area contributed by atoms with E-state index in [1.54, 1.807) is 17.0 Å². The van der Waals surface area contributed by atoms with E-state index in [0.717, 1.165) is 26.0 Å². The number of nitrogens with zero attached hydrogens (tertiary/aromatic N) is 2. The van der Waals surface area contributed by atoms with Crippen LogP contribution in [0.1, 0.15) is 26.7 Å². The molecule has 2 rings (SSSR count). The van der Waals surface area contributed by atoms with Gasteiger partial charge in [0.15, 0.2) is 5.82 Å². The zero-order chi connectivity index (χ0) is 13.0. The van der Waals surface area contributed by atoms with E-state index in [1.807, 2.05) is 0 Å². The number of anilines is 1. The molecule has 0 radical (unpaired) electrons. The molecule has 0 amide bonds. The Kier molecular flexibility index (Phi) is 4.36. The molecule has 5 heteroatoms. The highest BCUT2D eigenvalue weighted by molar-refractivity contribution is 5.30. The largest absolute Gasteiger partial charge is 0.376 e. The summed E-state index contributed by atoms with van der Waals surface area (Å²) in [6.45, 7) is 6.38. The first kappa shape index (κ1) is 13.1. The Morgan fingerprint density at radius 1 is 1.61 bits per heavy atom. The molecule has 5 nitrogen and oxygen atoms in total.